The van der Waals surface area contributed by atoms with Gasteiger partial charge in [0.2, 0.25) is 0 Å². The number of amides is 1. The molecule has 0 unspecified atom stereocenters. The molecule has 0 fully saturated rings. The molecular formula is C11H13NO4. The van der Waals surface area contributed by atoms with Gasteiger partial charge in [-0.2, -0.15) is 0 Å². The lowest BCUT2D eigenvalue weighted by atomic mass is 10.1. The Morgan fingerprint density at radius 3 is 2.50 bits per heavy atom. The molecular weight excluding hydrogens is 210 g/mol. The zero-order valence-electron chi connectivity index (χ0n) is 9.15. The first-order valence-electron chi connectivity index (χ1n) is 4.67. The van der Waals surface area contributed by atoms with Crippen LogP contribution in [-0.4, -0.2) is 26.3 Å². The van der Waals surface area contributed by atoms with Crippen molar-refractivity contribution in [2.45, 2.75) is 6.42 Å². The number of esters is 1. The summed E-state index contributed by atoms with van der Waals surface area (Å²) in [5.74, 6) is -0.362. The Morgan fingerprint density at radius 2 is 1.88 bits per heavy atom. The molecule has 1 rings (SSSR count). The quantitative estimate of drug-likeness (QED) is 0.790. The highest BCUT2D eigenvalue weighted by Gasteiger charge is 2.09. The molecule has 0 saturated carbocycles. The topological polar surface area (TPSA) is 64.6 Å². The van der Waals surface area contributed by atoms with Gasteiger partial charge in [0.05, 0.1) is 20.6 Å². The third-order valence-corrected chi connectivity index (χ3v) is 2.00. The Hall–Kier alpha value is -2.04. The summed E-state index contributed by atoms with van der Waals surface area (Å²) in [4.78, 5) is 22.2. The first kappa shape index (κ1) is 12.0. The third kappa shape index (κ3) is 3.27. The standard InChI is InChI=1S/C11H13NO4/c1-15-10(13)7-8-5-3-4-6-9(8)12-11(14)16-2/h3-6H,7H2,1-2H3,(H,12,14). The first-order valence-corrected chi connectivity index (χ1v) is 4.67. The molecule has 5 heteroatoms. The Morgan fingerprint density at radius 1 is 1.19 bits per heavy atom. The van der Waals surface area contributed by atoms with Gasteiger partial charge in [-0.25, -0.2) is 4.79 Å². The molecule has 1 amide bonds. The van der Waals surface area contributed by atoms with Crippen molar-refractivity contribution in [1.29, 1.82) is 0 Å². The minimum Gasteiger partial charge on any atom is -0.469 e. The summed E-state index contributed by atoms with van der Waals surface area (Å²) in [5, 5.41) is 2.52. The maximum atomic E-state index is 11.1. The van der Waals surface area contributed by atoms with Gasteiger partial charge in [-0.3, -0.25) is 10.1 Å². The first-order chi connectivity index (χ1) is 7.67. The van der Waals surface area contributed by atoms with Crippen LogP contribution in [0.5, 0.6) is 0 Å². The second kappa shape index (κ2) is 5.75. The predicted molar refractivity (Wildman–Crippen MR) is 58.2 cm³/mol. The number of methoxy groups -OCH3 is 2. The van der Waals surface area contributed by atoms with E-state index in [4.69, 9.17) is 0 Å². The average molecular weight is 223 g/mol. The Balaban J connectivity index is 2.83. The molecule has 86 valence electrons. The molecule has 0 atom stereocenters. The molecule has 0 saturated heterocycles. The fraction of sp³-hybridized carbons (Fsp3) is 0.273. The van der Waals surface area contributed by atoms with Crippen LogP contribution >= 0.6 is 0 Å². The number of nitrogens with one attached hydrogen (secondary N) is 1. The van der Waals surface area contributed by atoms with Crippen molar-refractivity contribution in [2.24, 2.45) is 0 Å². The van der Waals surface area contributed by atoms with E-state index in [1.54, 1.807) is 24.3 Å². The van der Waals surface area contributed by atoms with Crippen molar-refractivity contribution in [3.05, 3.63) is 29.8 Å². The third-order valence-electron chi connectivity index (χ3n) is 2.00. The van der Waals surface area contributed by atoms with Gasteiger partial charge in [-0.1, -0.05) is 18.2 Å². The average Bonchev–Trinajstić information content (AvgIpc) is 2.31. The molecule has 1 aromatic carbocycles. The lowest BCUT2D eigenvalue weighted by Gasteiger charge is -2.08. The molecule has 16 heavy (non-hydrogen) atoms. The Labute approximate surface area is 93.4 Å². The molecule has 0 aliphatic carbocycles. The zero-order valence-corrected chi connectivity index (χ0v) is 9.15. The van der Waals surface area contributed by atoms with Crippen molar-refractivity contribution in [3.63, 3.8) is 0 Å². The number of anilines is 1. The number of para-hydroxylation sites is 1. The SMILES string of the molecule is COC(=O)Cc1ccccc1NC(=O)OC. The number of carbonyl (C=O) groups excluding carboxylic acids is 2. The summed E-state index contributed by atoms with van der Waals surface area (Å²) in [5.41, 5.74) is 1.22. The molecule has 0 heterocycles. The van der Waals surface area contributed by atoms with E-state index in [-0.39, 0.29) is 12.4 Å². The fourth-order valence-electron chi connectivity index (χ4n) is 1.19. The van der Waals surface area contributed by atoms with Crippen molar-refractivity contribution < 1.29 is 19.1 Å². The fourth-order valence-corrected chi connectivity index (χ4v) is 1.19. The summed E-state index contributed by atoms with van der Waals surface area (Å²) in [6, 6.07) is 6.96. The van der Waals surface area contributed by atoms with Crippen LogP contribution in [0, 0.1) is 0 Å². The summed E-state index contributed by atoms with van der Waals surface area (Å²) in [6.45, 7) is 0. The number of carbonyl (C=O) groups is 2. The van der Waals surface area contributed by atoms with Crippen molar-refractivity contribution in [3.8, 4) is 0 Å². The molecule has 0 bridgehead atoms. The Bertz CT molecular complexity index is 352. The Kier molecular flexibility index (Phi) is 4.32. The van der Waals surface area contributed by atoms with E-state index in [0.29, 0.717) is 11.3 Å². The molecule has 5 nitrogen and oxygen atoms in total. The molecule has 0 aliphatic rings. The summed E-state index contributed by atoms with van der Waals surface area (Å²) >= 11 is 0. The molecule has 1 aromatic rings. The van der Waals surface area contributed by atoms with Gasteiger partial charge in [0, 0.05) is 5.69 Å². The van der Waals surface area contributed by atoms with Crippen LogP contribution < -0.4 is 5.32 Å². The van der Waals surface area contributed by atoms with Crippen LogP contribution in [0.3, 0.4) is 0 Å². The van der Waals surface area contributed by atoms with Gasteiger partial charge in [0.1, 0.15) is 0 Å². The van der Waals surface area contributed by atoms with Crippen molar-refractivity contribution >= 4 is 17.7 Å². The second-order valence-corrected chi connectivity index (χ2v) is 3.03. The summed E-state index contributed by atoms with van der Waals surface area (Å²) in [6.07, 6.45) is -0.464. The van der Waals surface area contributed by atoms with Gasteiger partial charge < -0.3 is 9.47 Å². The molecule has 0 aromatic heterocycles. The monoisotopic (exact) mass is 223 g/mol. The molecule has 0 spiro atoms. The van der Waals surface area contributed by atoms with E-state index in [2.05, 4.69) is 14.8 Å². The lowest BCUT2D eigenvalue weighted by Crippen LogP contribution is -2.14. The highest BCUT2D eigenvalue weighted by molar-refractivity contribution is 5.87. The maximum absolute atomic E-state index is 11.1. The number of benzene rings is 1. The molecule has 1 N–H and O–H groups in total. The minimum absolute atomic E-state index is 0.108. The highest BCUT2D eigenvalue weighted by atomic mass is 16.5. The van der Waals surface area contributed by atoms with Crippen LogP contribution in [0.2, 0.25) is 0 Å². The van der Waals surface area contributed by atoms with Crippen LogP contribution in [0.25, 0.3) is 0 Å². The van der Waals surface area contributed by atoms with Crippen molar-refractivity contribution in [1.82, 2.24) is 0 Å². The van der Waals surface area contributed by atoms with Crippen LogP contribution in [0.15, 0.2) is 24.3 Å². The van der Waals surface area contributed by atoms with Crippen molar-refractivity contribution in [2.75, 3.05) is 19.5 Å². The smallest absolute Gasteiger partial charge is 0.411 e. The molecule has 0 radical (unpaired) electrons. The normalized spacial score (nSPS) is 9.38. The van der Waals surface area contributed by atoms with Gasteiger partial charge in [-0.15, -0.1) is 0 Å². The van der Waals surface area contributed by atoms with E-state index >= 15 is 0 Å². The lowest BCUT2D eigenvalue weighted by molar-refractivity contribution is -0.139. The van der Waals surface area contributed by atoms with Gasteiger partial charge >= 0.3 is 12.1 Å². The minimum atomic E-state index is -0.572. The van der Waals surface area contributed by atoms with E-state index in [9.17, 15) is 9.59 Å². The van der Waals surface area contributed by atoms with Gasteiger partial charge in [0.15, 0.2) is 0 Å². The van der Waals surface area contributed by atoms with E-state index in [1.807, 2.05) is 0 Å². The van der Waals surface area contributed by atoms with E-state index < -0.39 is 6.09 Å². The second-order valence-electron chi connectivity index (χ2n) is 3.03. The number of ether oxygens (including phenoxy) is 2. The van der Waals surface area contributed by atoms with Crippen LogP contribution in [-0.2, 0) is 20.7 Å². The van der Waals surface area contributed by atoms with E-state index in [0.717, 1.165) is 0 Å². The number of hydrogen-bond acceptors (Lipinski definition) is 4. The van der Waals surface area contributed by atoms with Gasteiger partial charge in [0.25, 0.3) is 0 Å². The molecule has 0 aliphatic heterocycles. The highest BCUT2D eigenvalue weighted by Crippen LogP contribution is 2.16. The maximum Gasteiger partial charge on any atom is 0.411 e. The number of hydrogen-bond donors (Lipinski definition) is 1. The largest absolute Gasteiger partial charge is 0.469 e. The predicted octanol–water partition coefficient (Wildman–Crippen LogP) is 1.58. The van der Waals surface area contributed by atoms with Crippen LogP contribution in [0.1, 0.15) is 5.56 Å². The van der Waals surface area contributed by atoms with Gasteiger partial charge in [-0.05, 0) is 11.6 Å². The number of rotatable bonds is 3. The summed E-state index contributed by atoms with van der Waals surface area (Å²) in [7, 11) is 2.59. The summed E-state index contributed by atoms with van der Waals surface area (Å²) < 4.78 is 9.03. The zero-order chi connectivity index (χ0) is 12.0. The van der Waals surface area contributed by atoms with Crippen LogP contribution in [0.4, 0.5) is 10.5 Å². The van der Waals surface area contributed by atoms with E-state index in [1.165, 1.54) is 14.2 Å².